The van der Waals surface area contributed by atoms with Crippen LogP contribution in [0, 0.1) is 11.8 Å². The van der Waals surface area contributed by atoms with E-state index in [0.717, 1.165) is 29.0 Å². The van der Waals surface area contributed by atoms with Crippen LogP contribution in [0.25, 0.3) is 11.1 Å². The highest BCUT2D eigenvalue weighted by molar-refractivity contribution is 5.65. The number of aliphatic hydroxyl groups excluding tert-OH is 3. The van der Waals surface area contributed by atoms with Crippen molar-refractivity contribution in [2.75, 3.05) is 40.0 Å². The Kier molecular flexibility index (Phi) is 8.75. The smallest absolute Gasteiger partial charge is 0.138 e. The number of benzene rings is 2. The fourth-order valence-electron chi connectivity index (χ4n) is 4.28. The van der Waals surface area contributed by atoms with Gasteiger partial charge in [-0.15, -0.1) is 0 Å². The summed E-state index contributed by atoms with van der Waals surface area (Å²) in [6, 6.07) is 15.2. The summed E-state index contributed by atoms with van der Waals surface area (Å²) in [7, 11) is 1.67. The van der Waals surface area contributed by atoms with Gasteiger partial charge < -0.3 is 29.4 Å². The van der Waals surface area contributed by atoms with Gasteiger partial charge in [0.15, 0.2) is 0 Å². The fourth-order valence-corrected chi connectivity index (χ4v) is 4.28. The van der Waals surface area contributed by atoms with Crippen LogP contribution in [-0.2, 0) is 4.74 Å². The molecule has 0 saturated carbocycles. The summed E-state index contributed by atoms with van der Waals surface area (Å²) in [5.74, 6) is 7.37. The molecule has 8 nitrogen and oxygen atoms in total. The van der Waals surface area contributed by atoms with Gasteiger partial charge in [-0.05, 0) is 42.3 Å². The number of imidazole rings is 1. The van der Waals surface area contributed by atoms with Crippen molar-refractivity contribution in [3.05, 3.63) is 72.3 Å². The van der Waals surface area contributed by atoms with Gasteiger partial charge in [-0.25, -0.2) is 4.98 Å². The van der Waals surface area contributed by atoms with E-state index in [4.69, 9.17) is 9.47 Å². The minimum atomic E-state index is -0.745. The highest BCUT2D eigenvalue weighted by atomic mass is 16.5. The van der Waals surface area contributed by atoms with Crippen LogP contribution >= 0.6 is 0 Å². The van der Waals surface area contributed by atoms with Crippen LogP contribution in [0.4, 0.5) is 0 Å². The second kappa shape index (κ2) is 12.2. The maximum absolute atomic E-state index is 10.3. The number of aromatic nitrogens is 2. The van der Waals surface area contributed by atoms with E-state index >= 15 is 0 Å². The number of ether oxygens (including phenoxy) is 2. The van der Waals surface area contributed by atoms with Crippen molar-refractivity contribution < 1.29 is 24.8 Å². The third-order valence-electron chi connectivity index (χ3n) is 6.25. The number of hydrogen-bond acceptors (Lipinski definition) is 7. The van der Waals surface area contributed by atoms with Crippen molar-refractivity contribution in [2.45, 2.75) is 31.3 Å². The van der Waals surface area contributed by atoms with Crippen molar-refractivity contribution in [3.8, 4) is 28.7 Å². The van der Waals surface area contributed by atoms with E-state index in [1.807, 2.05) is 48.5 Å². The van der Waals surface area contributed by atoms with Gasteiger partial charge in [-0.3, -0.25) is 4.90 Å². The van der Waals surface area contributed by atoms with Gasteiger partial charge in [0, 0.05) is 44.7 Å². The summed E-state index contributed by atoms with van der Waals surface area (Å²) >= 11 is 0. The second-order valence-corrected chi connectivity index (χ2v) is 8.91. The van der Waals surface area contributed by atoms with Gasteiger partial charge >= 0.3 is 0 Å². The first-order valence-electron chi connectivity index (χ1n) is 12.1. The molecule has 2 heterocycles. The SMILES string of the molecule is COCCN1C[C@@H](O)[C@H](Oc2ccc(-c3ccc(C#CC(CO)n4ccnc4C(C)O)cc3)cc2)C1. The molecule has 2 aromatic carbocycles. The number of nitrogens with zero attached hydrogens (tertiary/aromatic N) is 3. The lowest BCUT2D eigenvalue weighted by Gasteiger charge is -2.17. The molecule has 0 aliphatic carbocycles. The van der Waals surface area contributed by atoms with Crippen molar-refractivity contribution in [1.82, 2.24) is 14.5 Å². The van der Waals surface area contributed by atoms with Crippen LogP contribution in [0.5, 0.6) is 5.75 Å². The van der Waals surface area contributed by atoms with Crippen LogP contribution in [0.2, 0.25) is 0 Å². The van der Waals surface area contributed by atoms with E-state index in [9.17, 15) is 15.3 Å². The minimum Gasteiger partial charge on any atom is -0.486 e. The maximum atomic E-state index is 10.3. The topological polar surface area (TPSA) is 100 Å². The van der Waals surface area contributed by atoms with Gasteiger partial charge in [-0.2, -0.15) is 0 Å². The molecule has 1 aromatic heterocycles. The molecule has 0 spiro atoms. The molecule has 3 N–H and O–H groups in total. The Balaban J connectivity index is 1.38. The average molecular weight is 492 g/mol. The highest BCUT2D eigenvalue weighted by Crippen LogP contribution is 2.25. The Morgan fingerprint density at radius 3 is 2.42 bits per heavy atom. The molecule has 0 radical (unpaired) electrons. The van der Waals surface area contributed by atoms with E-state index in [-0.39, 0.29) is 12.7 Å². The lowest BCUT2D eigenvalue weighted by atomic mass is 10.0. The van der Waals surface area contributed by atoms with Crippen LogP contribution in [0.15, 0.2) is 60.9 Å². The van der Waals surface area contributed by atoms with E-state index in [1.165, 1.54) is 0 Å². The summed E-state index contributed by atoms with van der Waals surface area (Å²) in [5.41, 5.74) is 2.91. The van der Waals surface area contributed by atoms with Gasteiger partial charge in [0.25, 0.3) is 0 Å². The largest absolute Gasteiger partial charge is 0.486 e. The predicted molar refractivity (Wildman–Crippen MR) is 136 cm³/mol. The number of rotatable bonds is 9. The lowest BCUT2D eigenvalue weighted by Crippen LogP contribution is -2.30. The molecule has 2 unspecified atom stereocenters. The van der Waals surface area contributed by atoms with E-state index in [2.05, 4.69) is 21.7 Å². The Morgan fingerprint density at radius 1 is 1.08 bits per heavy atom. The Hall–Kier alpha value is -3.19. The molecule has 4 rings (SSSR count). The second-order valence-electron chi connectivity index (χ2n) is 8.91. The summed E-state index contributed by atoms with van der Waals surface area (Å²) in [5, 5.41) is 30.0. The summed E-state index contributed by atoms with van der Waals surface area (Å²) < 4.78 is 12.8. The molecule has 8 heteroatoms. The van der Waals surface area contributed by atoms with Crippen molar-refractivity contribution in [3.63, 3.8) is 0 Å². The summed E-state index contributed by atoms with van der Waals surface area (Å²) in [4.78, 5) is 6.28. The molecule has 190 valence electrons. The van der Waals surface area contributed by atoms with E-state index in [1.54, 1.807) is 31.0 Å². The van der Waals surface area contributed by atoms with Gasteiger partial charge in [0.1, 0.15) is 35.9 Å². The number of methoxy groups -OCH3 is 1. The molecule has 0 amide bonds. The zero-order chi connectivity index (χ0) is 25.5. The van der Waals surface area contributed by atoms with Gasteiger partial charge in [0.05, 0.1) is 13.2 Å². The van der Waals surface area contributed by atoms with Crippen LogP contribution in [-0.4, -0.2) is 81.9 Å². The first-order chi connectivity index (χ1) is 17.5. The molecule has 3 aromatic rings. The first kappa shape index (κ1) is 25.9. The first-order valence-corrected chi connectivity index (χ1v) is 12.1. The highest BCUT2D eigenvalue weighted by Gasteiger charge is 2.32. The molecule has 4 atom stereocenters. The molecule has 1 aliphatic heterocycles. The fraction of sp³-hybridized carbons (Fsp3) is 0.393. The predicted octanol–water partition coefficient (Wildman–Crippen LogP) is 2.26. The molecular weight excluding hydrogens is 458 g/mol. The van der Waals surface area contributed by atoms with Gasteiger partial charge in [0.2, 0.25) is 0 Å². The van der Waals surface area contributed by atoms with E-state index in [0.29, 0.717) is 25.5 Å². The number of aliphatic hydroxyl groups is 3. The lowest BCUT2D eigenvalue weighted by molar-refractivity contribution is 0.0736. The molecule has 1 saturated heterocycles. The Bertz CT molecular complexity index is 1160. The average Bonchev–Trinajstić information content (AvgIpc) is 3.51. The van der Waals surface area contributed by atoms with Gasteiger partial charge in [-0.1, -0.05) is 36.1 Å². The number of β-amino-alcohol motifs (C(OH)–C–C–N with tert-alkyl or cyclic N) is 1. The summed E-state index contributed by atoms with van der Waals surface area (Å²) in [6.07, 6.45) is 1.77. The standard InChI is InChI=1S/C28H33N3O5/c1-20(33)28-29-13-14-31(28)24(19-32)10-5-21-3-6-22(7-4-21)23-8-11-25(12-9-23)36-27-18-30(15-16-35-2)17-26(27)34/h3-4,6-9,11-14,20,24,26-27,32-34H,15-19H2,1-2H3/t20?,24?,26-,27-/m1/s1. The zero-order valence-corrected chi connectivity index (χ0v) is 20.6. The maximum Gasteiger partial charge on any atom is 0.138 e. The number of hydrogen-bond donors (Lipinski definition) is 3. The third-order valence-corrected chi connectivity index (χ3v) is 6.25. The van der Waals surface area contributed by atoms with Crippen LogP contribution in [0.1, 0.15) is 30.5 Å². The Labute approximate surface area is 211 Å². The molecule has 36 heavy (non-hydrogen) atoms. The van der Waals surface area contributed by atoms with E-state index < -0.39 is 18.2 Å². The molecule has 1 aliphatic rings. The monoisotopic (exact) mass is 491 g/mol. The number of likely N-dealkylation sites (tertiary alicyclic amines) is 1. The minimum absolute atomic E-state index is 0.182. The molecule has 1 fully saturated rings. The quantitative estimate of drug-likeness (QED) is 0.395. The zero-order valence-electron chi connectivity index (χ0n) is 20.6. The van der Waals surface area contributed by atoms with Crippen molar-refractivity contribution in [1.29, 1.82) is 0 Å². The molecule has 0 bridgehead atoms. The van der Waals surface area contributed by atoms with Crippen molar-refractivity contribution >= 4 is 0 Å². The van der Waals surface area contributed by atoms with Crippen LogP contribution < -0.4 is 4.74 Å². The van der Waals surface area contributed by atoms with Crippen molar-refractivity contribution in [2.24, 2.45) is 0 Å². The Morgan fingerprint density at radius 2 is 1.78 bits per heavy atom. The summed E-state index contributed by atoms with van der Waals surface area (Å²) in [6.45, 7) is 4.12. The molecular formula is C28H33N3O5. The van der Waals surface area contributed by atoms with Crippen LogP contribution in [0.3, 0.4) is 0 Å². The normalized spacial score (nSPS) is 19.5. The third kappa shape index (κ3) is 6.32.